The Kier molecular flexibility index (Phi) is 4.67. The summed E-state index contributed by atoms with van der Waals surface area (Å²) in [6, 6.07) is 0. The van der Waals surface area contributed by atoms with E-state index < -0.39 is 0 Å². The Labute approximate surface area is 96.3 Å². The molecule has 1 rings (SSSR count). The van der Waals surface area contributed by atoms with Crippen LogP contribution in [0.15, 0.2) is 0 Å². The second kappa shape index (κ2) is 5.56. The molecule has 0 atom stereocenters. The van der Waals surface area contributed by atoms with Crippen molar-refractivity contribution in [1.29, 1.82) is 0 Å². The largest absolute Gasteiger partial charge is 0.312 e. The predicted molar refractivity (Wildman–Crippen MR) is 65.4 cm³/mol. The highest BCUT2D eigenvalue weighted by Crippen LogP contribution is 2.12. The number of hydrogen-bond donors (Lipinski definition) is 1. The zero-order valence-corrected chi connectivity index (χ0v) is 10.9. The first kappa shape index (κ1) is 12.6. The third-order valence-corrected chi connectivity index (χ3v) is 3.01. The number of rotatable bonds is 5. The fraction of sp³-hybridized carbons (Fsp3) is 0.818. The maximum Gasteiger partial charge on any atom is 0.118 e. The zero-order valence-electron chi connectivity index (χ0n) is 10.1. The average Bonchev–Trinajstić information content (AvgIpc) is 2.51. The summed E-state index contributed by atoms with van der Waals surface area (Å²) in [6.07, 6.45) is 3.19. The lowest BCUT2D eigenvalue weighted by atomic mass is 10.1. The number of aryl methyl sites for hydroxylation is 1. The van der Waals surface area contributed by atoms with E-state index in [4.69, 9.17) is 0 Å². The Morgan fingerprint density at radius 1 is 1.13 bits per heavy atom. The van der Waals surface area contributed by atoms with Gasteiger partial charge in [0.25, 0.3) is 0 Å². The Bertz CT molecular complexity index is 288. The SMILES string of the molecule is CCCc1nnc(CCNC(C)(C)C)s1. The minimum Gasteiger partial charge on any atom is -0.312 e. The predicted octanol–water partition coefficient (Wildman–Crippen LogP) is 2.42. The third-order valence-electron chi connectivity index (χ3n) is 1.97. The molecule has 1 heterocycles. The molecule has 0 aliphatic rings. The van der Waals surface area contributed by atoms with E-state index in [1.165, 1.54) is 5.01 Å². The van der Waals surface area contributed by atoms with Gasteiger partial charge in [-0.15, -0.1) is 21.5 Å². The van der Waals surface area contributed by atoms with E-state index in [0.717, 1.165) is 30.8 Å². The molecule has 1 N–H and O–H groups in total. The first-order valence-corrected chi connectivity index (χ1v) is 6.39. The van der Waals surface area contributed by atoms with Gasteiger partial charge in [0.2, 0.25) is 0 Å². The van der Waals surface area contributed by atoms with Crippen LogP contribution in [0.2, 0.25) is 0 Å². The fourth-order valence-electron chi connectivity index (χ4n) is 1.25. The Hall–Kier alpha value is -0.480. The van der Waals surface area contributed by atoms with Crippen LogP contribution < -0.4 is 5.32 Å². The Morgan fingerprint density at radius 3 is 2.27 bits per heavy atom. The zero-order chi connectivity index (χ0) is 11.3. The van der Waals surface area contributed by atoms with Crippen LogP contribution in [0.1, 0.15) is 44.1 Å². The van der Waals surface area contributed by atoms with Gasteiger partial charge in [0.15, 0.2) is 0 Å². The van der Waals surface area contributed by atoms with Crippen molar-refractivity contribution in [3.8, 4) is 0 Å². The molecule has 0 aliphatic heterocycles. The normalized spacial score (nSPS) is 12.0. The lowest BCUT2D eigenvalue weighted by Gasteiger charge is -2.19. The van der Waals surface area contributed by atoms with Crippen molar-refractivity contribution in [3.05, 3.63) is 10.0 Å². The topological polar surface area (TPSA) is 37.8 Å². The van der Waals surface area contributed by atoms with E-state index in [-0.39, 0.29) is 5.54 Å². The van der Waals surface area contributed by atoms with Gasteiger partial charge in [0.05, 0.1) is 0 Å². The summed E-state index contributed by atoms with van der Waals surface area (Å²) in [4.78, 5) is 0. The first-order chi connectivity index (χ1) is 7.01. The van der Waals surface area contributed by atoms with E-state index in [9.17, 15) is 0 Å². The van der Waals surface area contributed by atoms with E-state index in [0.29, 0.717) is 0 Å². The van der Waals surface area contributed by atoms with Crippen molar-refractivity contribution in [3.63, 3.8) is 0 Å². The van der Waals surface area contributed by atoms with Gasteiger partial charge in [0.1, 0.15) is 10.0 Å². The minimum absolute atomic E-state index is 0.191. The maximum absolute atomic E-state index is 4.18. The van der Waals surface area contributed by atoms with Gasteiger partial charge in [0, 0.05) is 24.9 Å². The first-order valence-electron chi connectivity index (χ1n) is 5.57. The molecule has 1 aromatic heterocycles. The summed E-state index contributed by atoms with van der Waals surface area (Å²) in [5.41, 5.74) is 0.191. The molecule has 0 saturated heterocycles. The Balaban J connectivity index is 2.31. The van der Waals surface area contributed by atoms with E-state index in [1.807, 2.05) is 0 Å². The van der Waals surface area contributed by atoms with Crippen molar-refractivity contribution >= 4 is 11.3 Å². The van der Waals surface area contributed by atoms with Crippen LogP contribution in [-0.4, -0.2) is 22.3 Å². The number of nitrogens with zero attached hydrogens (tertiary/aromatic N) is 2. The highest BCUT2D eigenvalue weighted by molar-refractivity contribution is 7.11. The quantitative estimate of drug-likeness (QED) is 0.839. The smallest absolute Gasteiger partial charge is 0.118 e. The van der Waals surface area contributed by atoms with Gasteiger partial charge in [-0.05, 0) is 27.2 Å². The second-order valence-electron chi connectivity index (χ2n) is 4.77. The monoisotopic (exact) mass is 227 g/mol. The fourth-order valence-corrected chi connectivity index (χ4v) is 2.19. The minimum atomic E-state index is 0.191. The van der Waals surface area contributed by atoms with Gasteiger partial charge in [-0.25, -0.2) is 0 Å². The van der Waals surface area contributed by atoms with Crippen LogP contribution in [0.3, 0.4) is 0 Å². The summed E-state index contributed by atoms with van der Waals surface area (Å²) in [6.45, 7) is 9.67. The van der Waals surface area contributed by atoms with Gasteiger partial charge in [-0.1, -0.05) is 6.92 Å². The van der Waals surface area contributed by atoms with Crippen LogP contribution in [-0.2, 0) is 12.8 Å². The lowest BCUT2D eigenvalue weighted by Crippen LogP contribution is -2.37. The van der Waals surface area contributed by atoms with Gasteiger partial charge in [-0.2, -0.15) is 0 Å². The molecule has 3 nitrogen and oxygen atoms in total. The summed E-state index contributed by atoms with van der Waals surface area (Å²) in [5, 5.41) is 14.1. The molecule has 0 spiro atoms. The molecule has 0 radical (unpaired) electrons. The third kappa shape index (κ3) is 5.23. The molecule has 15 heavy (non-hydrogen) atoms. The molecule has 0 unspecified atom stereocenters. The summed E-state index contributed by atoms with van der Waals surface area (Å²) < 4.78 is 0. The Morgan fingerprint density at radius 2 is 1.73 bits per heavy atom. The molecule has 0 saturated carbocycles. The molecule has 86 valence electrons. The van der Waals surface area contributed by atoms with Crippen molar-refractivity contribution in [2.45, 2.75) is 52.5 Å². The van der Waals surface area contributed by atoms with Crippen molar-refractivity contribution in [2.24, 2.45) is 0 Å². The van der Waals surface area contributed by atoms with E-state index >= 15 is 0 Å². The van der Waals surface area contributed by atoms with E-state index in [1.54, 1.807) is 11.3 Å². The van der Waals surface area contributed by atoms with Crippen LogP contribution in [0.25, 0.3) is 0 Å². The molecule has 0 amide bonds. The molecular weight excluding hydrogens is 206 g/mol. The van der Waals surface area contributed by atoms with Crippen molar-refractivity contribution in [1.82, 2.24) is 15.5 Å². The van der Waals surface area contributed by atoms with Crippen molar-refractivity contribution in [2.75, 3.05) is 6.54 Å². The molecule has 1 aromatic rings. The van der Waals surface area contributed by atoms with Gasteiger partial charge >= 0.3 is 0 Å². The van der Waals surface area contributed by atoms with Gasteiger partial charge in [-0.3, -0.25) is 0 Å². The summed E-state index contributed by atoms with van der Waals surface area (Å²) in [5.74, 6) is 0. The number of aromatic nitrogens is 2. The summed E-state index contributed by atoms with van der Waals surface area (Å²) >= 11 is 1.75. The van der Waals surface area contributed by atoms with E-state index in [2.05, 4.69) is 43.2 Å². The molecular formula is C11H21N3S. The molecule has 0 fully saturated rings. The number of nitrogens with one attached hydrogen (secondary N) is 1. The second-order valence-corrected chi connectivity index (χ2v) is 5.91. The van der Waals surface area contributed by atoms with Crippen LogP contribution >= 0.6 is 11.3 Å². The molecule has 0 aromatic carbocycles. The highest BCUT2D eigenvalue weighted by atomic mass is 32.1. The maximum atomic E-state index is 4.18. The molecule has 0 bridgehead atoms. The highest BCUT2D eigenvalue weighted by Gasteiger charge is 2.09. The molecule has 4 heteroatoms. The van der Waals surface area contributed by atoms with Crippen LogP contribution in [0.4, 0.5) is 0 Å². The molecule has 0 aliphatic carbocycles. The standard InChI is InChI=1S/C11H21N3S/c1-5-6-9-13-14-10(15-9)7-8-12-11(2,3)4/h12H,5-8H2,1-4H3. The number of hydrogen-bond acceptors (Lipinski definition) is 4. The van der Waals surface area contributed by atoms with Crippen LogP contribution in [0.5, 0.6) is 0 Å². The van der Waals surface area contributed by atoms with Crippen molar-refractivity contribution < 1.29 is 0 Å². The van der Waals surface area contributed by atoms with Crippen LogP contribution in [0, 0.1) is 0 Å². The van der Waals surface area contributed by atoms with Gasteiger partial charge < -0.3 is 5.32 Å². The average molecular weight is 227 g/mol. The summed E-state index contributed by atoms with van der Waals surface area (Å²) in [7, 11) is 0. The lowest BCUT2D eigenvalue weighted by molar-refractivity contribution is 0.429.